The molecule has 2 N–H and O–H groups in total. The molecular weight excluding hydrogens is 228 g/mol. The van der Waals surface area contributed by atoms with Crippen molar-refractivity contribution in [3.63, 3.8) is 0 Å². The van der Waals surface area contributed by atoms with Crippen LogP contribution in [0.25, 0.3) is 0 Å². The fourth-order valence-electron chi connectivity index (χ4n) is 2.49. The molecule has 3 heteroatoms. The van der Waals surface area contributed by atoms with Crippen molar-refractivity contribution in [2.45, 2.75) is 70.8 Å². The van der Waals surface area contributed by atoms with Gasteiger partial charge < -0.3 is 5.73 Å². The number of nitrogens with zero attached hydrogens (tertiary/aromatic N) is 1. The summed E-state index contributed by atoms with van der Waals surface area (Å²) in [4.78, 5) is 6.35. The Morgan fingerprint density at radius 3 is 2.71 bits per heavy atom. The molecule has 0 saturated heterocycles. The normalized spacial score (nSPS) is 18.8. The Labute approximate surface area is 109 Å². The van der Waals surface area contributed by atoms with E-state index in [-0.39, 0.29) is 5.54 Å². The first-order valence-corrected chi connectivity index (χ1v) is 7.79. The van der Waals surface area contributed by atoms with E-state index in [1.807, 2.05) is 11.3 Å². The van der Waals surface area contributed by atoms with Gasteiger partial charge in [-0.15, -0.1) is 11.3 Å². The van der Waals surface area contributed by atoms with Crippen LogP contribution in [0.5, 0.6) is 0 Å². The molecule has 2 rings (SSSR count). The maximum Gasteiger partial charge on any atom is 0.113 e. The first-order valence-electron chi connectivity index (χ1n) is 6.97. The van der Waals surface area contributed by atoms with Gasteiger partial charge in [0.25, 0.3) is 0 Å². The summed E-state index contributed by atoms with van der Waals surface area (Å²) in [6.45, 7) is 4.42. The van der Waals surface area contributed by atoms with Gasteiger partial charge in [0, 0.05) is 4.88 Å². The van der Waals surface area contributed by atoms with Crippen LogP contribution in [0.15, 0.2) is 0 Å². The van der Waals surface area contributed by atoms with Gasteiger partial charge in [-0.2, -0.15) is 0 Å². The summed E-state index contributed by atoms with van der Waals surface area (Å²) in [6.07, 6.45) is 9.51. The second-order valence-electron chi connectivity index (χ2n) is 5.21. The van der Waals surface area contributed by atoms with Gasteiger partial charge in [-0.1, -0.05) is 26.7 Å². The number of fused-ring (bicyclic) bond motifs is 1. The van der Waals surface area contributed by atoms with Crippen LogP contribution >= 0.6 is 11.3 Å². The van der Waals surface area contributed by atoms with Crippen LogP contribution in [0.2, 0.25) is 0 Å². The molecule has 1 aliphatic rings. The fourth-order valence-corrected chi connectivity index (χ4v) is 3.84. The third kappa shape index (κ3) is 2.71. The lowest BCUT2D eigenvalue weighted by Crippen LogP contribution is -2.35. The molecule has 0 saturated carbocycles. The van der Waals surface area contributed by atoms with Crippen LogP contribution in [-0.2, 0) is 18.4 Å². The Morgan fingerprint density at radius 2 is 2.06 bits per heavy atom. The van der Waals surface area contributed by atoms with Crippen LogP contribution in [-0.4, -0.2) is 4.98 Å². The van der Waals surface area contributed by atoms with Gasteiger partial charge in [-0.05, 0) is 38.5 Å². The third-order valence-corrected chi connectivity index (χ3v) is 5.26. The Balaban J connectivity index is 2.21. The van der Waals surface area contributed by atoms with Gasteiger partial charge in [0.05, 0.1) is 11.2 Å². The second kappa shape index (κ2) is 5.49. The zero-order valence-electron chi connectivity index (χ0n) is 11.1. The van der Waals surface area contributed by atoms with Gasteiger partial charge in [-0.3, -0.25) is 0 Å². The van der Waals surface area contributed by atoms with Gasteiger partial charge >= 0.3 is 0 Å². The predicted octanol–water partition coefficient (Wildman–Crippen LogP) is 3.78. The number of hydrogen-bond acceptors (Lipinski definition) is 3. The number of rotatable bonds is 5. The van der Waals surface area contributed by atoms with Gasteiger partial charge in [0.1, 0.15) is 5.01 Å². The molecule has 0 aliphatic heterocycles. The molecular formula is C14H24N2S. The molecule has 0 bridgehead atoms. The summed E-state index contributed by atoms with van der Waals surface area (Å²) in [7, 11) is 0. The smallest absolute Gasteiger partial charge is 0.113 e. The van der Waals surface area contributed by atoms with Crippen molar-refractivity contribution in [2.24, 2.45) is 5.73 Å². The van der Waals surface area contributed by atoms with Crippen molar-refractivity contribution in [3.05, 3.63) is 15.6 Å². The Bertz CT molecular complexity index is 349. The number of aromatic nitrogens is 1. The molecule has 1 atom stereocenters. The Morgan fingerprint density at radius 1 is 1.29 bits per heavy atom. The summed E-state index contributed by atoms with van der Waals surface area (Å²) in [5, 5.41) is 1.19. The van der Waals surface area contributed by atoms with E-state index < -0.39 is 0 Å². The van der Waals surface area contributed by atoms with E-state index in [1.165, 1.54) is 54.1 Å². The number of nitrogens with two attached hydrogens (primary N) is 1. The van der Waals surface area contributed by atoms with Crippen LogP contribution in [0.1, 0.15) is 68.0 Å². The summed E-state index contributed by atoms with van der Waals surface area (Å²) in [6, 6.07) is 0. The topological polar surface area (TPSA) is 38.9 Å². The summed E-state index contributed by atoms with van der Waals surface area (Å²) in [5.74, 6) is 0. The first kappa shape index (κ1) is 13.0. The maximum atomic E-state index is 6.56. The molecule has 1 unspecified atom stereocenters. The highest BCUT2D eigenvalue weighted by molar-refractivity contribution is 7.11. The highest BCUT2D eigenvalue weighted by Crippen LogP contribution is 2.35. The number of unbranched alkanes of at least 4 members (excludes halogenated alkanes) is 1. The second-order valence-corrected chi connectivity index (χ2v) is 6.29. The lowest BCUT2D eigenvalue weighted by Gasteiger charge is -2.25. The highest BCUT2D eigenvalue weighted by Gasteiger charge is 2.30. The lowest BCUT2D eigenvalue weighted by atomic mass is 9.91. The van der Waals surface area contributed by atoms with Crippen molar-refractivity contribution < 1.29 is 0 Å². The molecule has 96 valence electrons. The number of aryl methyl sites for hydroxylation is 2. The molecule has 0 aromatic carbocycles. The van der Waals surface area contributed by atoms with Gasteiger partial charge in [0.2, 0.25) is 0 Å². The van der Waals surface area contributed by atoms with Crippen molar-refractivity contribution in [1.82, 2.24) is 4.98 Å². The summed E-state index contributed by atoms with van der Waals surface area (Å²) in [5.41, 5.74) is 7.74. The van der Waals surface area contributed by atoms with E-state index in [2.05, 4.69) is 13.8 Å². The maximum absolute atomic E-state index is 6.56. The average Bonchev–Trinajstić information content (AvgIpc) is 2.80. The van der Waals surface area contributed by atoms with Crippen molar-refractivity contribution in [3.8, 4) is 0 Å². The van der Waals surface area contributed by atoms with Crippen molar-refractivity contribution in [2.75, 3.05) is 0 Å². The van der Waals surface area contributed by atoms with E-state index in [0.29, 0.717) is 0 Å². The summed E-state index contributed by atoms with van der Waals surface area (Å²) >= 11 is 1.88. The minimum atomic E-state index is -0.169. The van der Waals surface area contributed by atoms with Crippen LogP contribution in [0, 0.1) is 0 Å². The zero-order chi connectivity index (χ0) is 12.3. The van der Waals surface area contributed by atoms with E-state index in [4.69, 9.17) is 10.7 Å². The van der Waals surface area contributed by atoms with Crippen molar-refractivity contribution >= 4 is 11.3 Å². The van der Waals surface area contributed by atoms with E-state index >= 15 is 0 Å². The molecule has 1 aromatic heterocycles. The standard InChI is InChI=1S/C14H24N2S/c1-3-5-10-14(15,4-2)13-16-11-8-6-7-9-12(11)17-13/h3-10,15H2,1-2H3. The minimum Gasteiger partial charge on any atom is -0.319 e. The van der Waals surface area contributed by atoms with E-state index in [9.17, 15) is 0 Å². The fraction of sp³-hybridized carbons (Fsp3) is 0.786. The van der Waals surface area contributed by atoms with Crippen molar-refractivity contribution in [1.29, 1.82) is 0 Å². The number of hydrogen-bond donors (Lipinski definition) is 1. The molecule has 1 aliphatic carbocycles. The molecule has 0 amide bonds. The molecule has 1 aromatic rings. The predicted molar refractivity (Wildman–Crippen MR) is 74.4 cm³/mol. The van der Waals surface area contributed by atoms with E-state index in [1.54, 1.807) is 0 Å². The quantitative estimate of drug-likeness (QED) is 0.866. The highest BCUT2D eigenvalue weighted by atomic mass is 32.1. The summed E-state index contributed by atoms with van der Waals surface area (Å²) < 4.78 is 0. The zero-order valence-corrected chi connectivity index (χ0v) is 11.9. The van der Waals surface area contributed by atoms with E-state index in [0.717, 1.165) is 12.8 Å². The Kier molecular flexibility index (Phi) is 4.21. The van der Waals surface area contributed by atoms with Crippen LogP contribution < -0.4 is 5.73 Å². The minimum absolute atomic E-state index is 0.169. The van der Waals surface area contributed by atoms with Gasteiger partial charge in [-0.25, -0.2) is 4.98 Å². The lowest BCUT2D eigenvalue weighted by molar-refractivity contribution is 0.378. The first-order chi connectivity index (χ1) is 8.19. The van der Waals surface area contributed by atoms with Gasteiger partial charge in [0.15, 0.2) is 0 Å². The SMILES string of the molecule is CCCCC(N)(CC)c1nc2c(s1)CCCC2. The molecule has 0 fully saturated rings. The van der Waals surface area contributed by atoms with Crippen LogP contribution in [0.3, 0.4) is 0 Å². The molecule has 1 heterocycles. The molecule has 17 heavy (non-hydrogen) atoms. The van der Waals surface area contributed by atoms with Crippen LogP contribution in [0.4, 0.5) is 0 Å². The largest absolute Gasteiger partial charge is 0.319 e. The Hall–Kier alpha value is -0.410. The number of thiazole rings is 1. The molecule has 0 radical (unpaired) electrons. The average molecular weight is 252 g/mol. The monoisotopic (exact) mass is 252 g/mol. The molecule has 0 spiro atoms. The third-order valence-electron chi connectivity index (χ3n) is 3.88. The molecule has 2 nitrogen and oxygen atoms in total.